The molecule has 8 nitrogen and oxygen atoms in total. The zero-order chi connectivity index (χ0) is 22.6. The summed E-state index contributed by atoms with van der Waals surface area (Å²) < 4.78 is 33.4. The number of aryl methyl sites for hydroxylation is 3. The number of benzene rings is 2. The van der Waals surface area contributed by atoms with Crippen LogP contribution in [0.15, 0.2) is 47.4 Å². The van der Waals surface area contributed by atoms with Crippen LogP contribution in [0.4, 0.5) is 0 Å². The van der Waals surface area contributed by atoms with Gasteiger partial charge in [-0.3, -0.25) is 4.79 Å². The van der Waals surface area contributed by atoms with Gasteiger partial charge in [-0.1, -0.05) is 12.1 Å². The summed E-state index contributed by atoms with van der Waals surface area (Å²) in [6, 6.07) is 12.6. The van der Waals surface area contributed by atoms with Crippen LogP contribution in [-0.2, 0) is 28.3 Å². The molecule has 0 spiro atoms. The zero-order valence-electron chi connectivity index (χ0n) is 18.3. The van der Waals surface area contributed by atoms with Crippen LogP contribution in [0.1, 0.15) is 17.8 Å². The van der Waals surface area contributed by atoms with Crippen molar-refractivity contribution in [2.45, 2.75) is 24.7 Å². The molecule has 166 valence electrons. The standard InChI is InChI=1S/C22H28N4O4S/c1-16-6-5-7-17(14-16)30-13-12-23-22(27)11-10-21-24-19-15-18(31(28,29)25(2)3)8-9-20(19)26(21)4/h5-9,14-15H,10-13H2,1-4H3,(H,23,27). The molecule has 9 heteroatoms. The van der Waals surface area contributed by atoms with Crippen molar-refractivity contribution in [2.24, 2.45) is 7.05 Å². The number of carbonyl (C=O) groups excluding carboxylic acids is 1. The maximum absolute atomic E-state index is 12.3. The largest absolute Gasteiger partial charge is 0.492 e. The lowest BCUT2D eigenvalue weighted by molar-refractivity contribution is -0.121. The normalized spacial score (nSPS) is 11.8. The first-order valence-electron chi connectivity index (χ1n) is 10.0. The Labute approximate surface area is 182 Å². The van der Waals surface area contributed by atoms with E-state index in [1.54, 1.807) is 18.2 Å². The number of imidazole rings is 1. The molecule has 0 aliphatic carbocycles. The highest BCUT2D eigenvalue weighted by molar-refractivity contribution is 7.89. The minimum atomic E-state index is -3.52. The second-order valence-corrected chi connectivity index (χ2v) is 9.69. The average Bonchev–Trinajstić information content (AvgIpc) is 3.04. The molecule has 1 heterocycles. The van der Waals surface area contributed by atoms with Gasteiger partial charge in [-0.05, 0) is 42.8 Å². The lowest BCUT2D eigenvalue weighted by Crippen LogP contribution is -2.28. The van der Waals surface area contributed by atoms with Crippen LogP contribution in [0, 0.1) is 6.92 Å². The summed E-state index contributed by atoms with van der Waals surface area (Å²) in [6.45, 7) is 2.81. The highest BCUT2D eigenvalue weighted by atomic mass is 32.2. The number of nitrogens with one attached hydrogen (secondary N) is 1. The summed E-state index contributed by atoms with van der Waals surface area (Å²) in [5.74, 6) is 1.42. The number of rotatable bonds is 9. The van der Waals surface area contributed by atoms with Gasteiger partial charge >= 0.3 is 0 Å². The molecule has 3 rings (SSSR count). The molecule has 0 aliphatic heterocycles. The molecule has 1 aromatic heterocycles. The molecule has 0 atom stereocenters. The highest BCUT2D eigenvalue weighted by Gasteiger charge is 2.19. The number of hydrogen-bond donors (Lipinski definition) is 1. The van der Waals surface area contributed by atoms with Gasteiger partial charge in [-0.2, -0.15) is 0 Å². The topological polar surface area (TPSA) is 93.5 Å². The third kappa shape index (κ3) is 5.42. The van der Waals surface area contributed by atoms with Crippen molar-refractivity contribution in [3.05, 3.63) is 53.9 Å². The van der Waals surface area contributed by atoms with E-state index >= 15 is 0 Å². The van der Waals surface area contributed by atoms with E-state index in [0.717, 1.165) is 22.7 Å². The first-order valence-corrected chi connectivity index (χ1v) is 11.5. The number of hydrogen-bond acceptors (Lipinski definition) is 5. The molecule has 0 bridgehead atoms. The van der Waals surface area contributed by atoms with Crippen molar-refractivity contribution >= 4 is 27.0 Å². The fourth-order valence-electron chi connectivity index (χ4n) is 3.20. The monoisotopic (exact) mass is 444 g/mol. The Morgan fingerprint density at radius 3 is 2.68 bits per heavy atom. The number of ether oxygens (including phenoxy) is 1. The van der Waals surface area contributed by atoms with Crippen LogP contribution < -0.4 is 10.1 Å². The molecule has 2 aromatic carbocycles. The molecule has 1 amide bonds. The SMILES string of the molecule is Cc1cccc(OCCNC(=O)CCc2nc3cc(S(=O)(=O)N(C)C)ccc3n2C)c1. The van der Waals surface area contributed by atoms with Gasteiger partial charge in [0.25, 0.3) is 0 Å². The molecule has 0 saturated carbocycles. The van der Waals surface area contributed by atoms with Crippen LogP contribution in [0.5, 0.6) is 5.75 Å². The highest BCUT2D eigenvalue weighted by Crippen LogP contribution is 2.21. The maximum atomic E-state index is 12.3. The molecule has 0 unspecified atom stereocenters. The van der Waals surface area contributed by atoms with Gasteiger partial charge in [0.15, 0.2) is 0 Å². The maximum Gasteiger partial charge on any atom is 0.242 e. The van der Waals surface area contributed by atoms with Gasteiger partial charge in [0.1, 0.15) is 18.2 Å². The Kier molecular flexibility index (Phi) is 6.97. The average molecular weight is 445 g/mol. The molecule has 31 heavy (non-hydrogen) atoms. The minimum Gasteiger partial charge on any atom is -0.492 e. The van der Waals surface area contributed by atoms with Crippen molar-refractivity contribution in [2.75, 3.05) is 27.2 Å². The molecule has 0 aliphatic rings. The number of carbonyl (C=O) groups is 1. The summed E-state index contributed by atoms with van der Waals surface area (Å²) in [6.07, 6.45) is 0.732. The Bertz CT molecular complexity index is 1190. The van der Waals surface area contributed by atoms with Crippen molar-refractivity contribution in [3.8, 4) is 5.75 Å². The molecular formula is C22H28N4O4S. The van der Waals surface area contributed by atoms with E-state index in [9.17, 15) is 13.2 Å². The molecule has 0 fully saturated rings. The predicted octanol–water partition coefficient (Wildman–Crippen LogP) is 2.26. The summed E-state index contributed by atoms with van der Waals surface area (Å²) >= 11 is 0. The first-order chi connectivity index (χ1) is 14.7. The Balaban J connectivity index is 1.55. The Morgan fingerprint density at radius 2 is 1.97 bits per heavy atom. The van der Waals surface area contributed by atoms with Crippen LogP contribution >= 0.6 is 0 Å². The summed E-state index contributed by atoms with van der Waals surface area (Å²) in [5, 5.41) is 2.85. The Morgan fingerprint density at radius 1 is 1.19 bits per heavy atom. The van der Waals surface area contributed by atoms with Crippen LogP contribution in [-0.4, -0.2) is 55.4 Å². The fraction of sp³-hybridized carbons (Fsp3) is 0.364. The van der Waals surface area contributed by atoms with E-state index in [1.165, 1.54) is 18.4 Å². The minimum absolute atomic E-state index is 0.0872. The molecular weight excluding hydrogens is 416 g/mol. The van der Waals surface area contributed by atoms with Crippen molar-refractivity contribution in [1.29, 1.82) is 0 Å². The van der Waals surface area contributed by atoms with Gasteiger partial charge in [0.05, 0.1) is 22.5 Å². The quantitative estimate of drug-likeness (QED) is 0.511. The van der Waals surface area contributed by atoms with Gasteiger partial charge < -0.3 is 14.6 Å². The van der Waals surface area contributed by atoms with Crippen molar-refractivity contribution in [3.63, 3.8) is 0 Å². The lowest BCUT2D eigenvalue weighted by atomic mass is 10.2. The van der Waals surface area contributed by atoms with Crippen LogP contribution in [0.3, 0.4) is 0 Å². The smallest absolute Gasteiger partial charge is 0.242 e. The van der Waals surface area contributed by atoms with Gasteiger partial charge in [0, 0.05) is 34.0 Å². The fourth-order valence-corrected chi connectivity index (χ4v) is 4.12. The van der Waals surface area contributed by atoms with E-state index < -0.39 is 10.0 Å². The molecule has 0 saturated heterocycles. The Hall–Kier alpha value is -2.91. The van der Waals surface area contributed by atoms with E-state index in [2.05, 4.69) is 10.3 Å². The molecule has 1 N–H and O–H groups in total. The van der Waals surface area contributed by atoms with Crippen molar-refractivity contribution < 1.29 is 17.9 Å². The lowest BCUT2D eigenvalue weighted by Gasteiger charge is -2.10. The number of amides is 1. The summed E-state index contributed by atoms with van der Waals surface area (Å²) in [5.41, 5.74) is 2.53. The molecule has 0 radical (unpaired) electrons. The van der Waals surface area contributed by atoms with Gasteiger partial charge in [-0.15, -0.1) is 0 Å². The zero-order valence-corrected chi connectivity index (χ0v) is 19.1. The predicted molar refractivity (Wildman–Crippen MR) is 120 cm³/mol. The van der Waals surface area contributed by atoms with E-state index in [0.29, 0.717) is 25.1 Å². The van der Waals surface area contributed by atoms with Crippen LogP contribution in [0.2, 0.25) is 0 Å². The van der Waals surface area contributed by atoms with Gasteiger partial charge in [-0.25, -0.2) is 17.7 Å². The number of nitrogens with zero attached hydrogens (tertiary/aromatic N) is 3. The number of aromatic nitrogens is 2. The second kappa shape index (κ2) is 9.49. The van der Waals surface area contributed by atoms with Crippen molar-refractivity contribution in [1.82, 2.24) is 19.2 Å². The van der Waals surface area contributed by atoms with E-state index in [4.69, 9.17) is 4.74 Å². The second-order valence-electron chi connectivity index (χ2n) is 7.54. The van der Waals surface area contributed by atoms with E-state index in [1.807, 2.05) is 42.8 Å². The summed E-state index contributed by atoms with van der Waals surface area (Å²) in [4.78, 5) is 16.9. The van der Waals surface area contributed by atoms with E-state index in [-0.39, 0.29) is 17.2 Å². The summed E-state index contributed by atoms with van der Waals surface area (Å²) in [7, 11) is 1.32. The third-order valence-corrected chi connectivity index (χ3v) is 6.79. The first kappa shape index (κ1) is 22.8. The van der Waals surface area contributed by atoms with Crippen LogP contribution in [0.25, 0.3) is 11.0 Å². The third-order valence-electron chi connectivity index (χ3n) is 4.98. The van der Waals surface area contributed by atoms with Gasteiger partial charge in [0.2, 0.25) is 15.9 Å². The molecule has 3 aromatic rings. The number of fused-ring (bicyclic) bond motifs is 1. The number of sulfonamides is 1.